The Morgan fingerprint density at radius 2 is 1.88 bits per heavy atom. The van der Waals surface area contributed by atoms with Gasteiger partial charge in [0, 0.05) is 37.1 Å². The second-order valence-corrected chi connectivity index (χ2v) is 10.00. The smallest absolute Gasteiger partial charge is 0.248 e. The lowest BCUT2D eigenvalue weighted by Gasteiger charge is -2.31. The van der Waals surface area contributed by atoms with Crippen LogP contribution in [0.3, 0.4) is 0 Å². The molecule has 1 atom stereocenters. The molecular weight excluding hydrogens is 430 g/mol. The van der Waals surface area contributed by atoms with Crippen LogP contribution in [0, 0.1) is 19.8 Å². The molecule has 1 aliphatic heterocycles. The zero-order valence-corrected chi connectivity index (χ0v) is 19.2. The van der Waals surface area contributed by atoms with E-state index in [0.29, 0.717) is 31.6 Å². The summed E-state index contributed by atoms with van der Waals surface area (Å²) in [5.74, 6) is 0.0135. The highest BCUT2D eigenvalue weighted by Gasteiger charge is 2.35. The van der Waals surface area contributed by atoms with Crippen molar-refractivity contribution >= 4 is 15.9 Å². The molecule has 32 heavy (non-hydrogen) atoms. The van der Waals surface area contributed by atoms with Crippen LogP contribution < -0.4 is 5.32 Å². The molecule has 1 unspecified atom stereocenters. The first-order valence-electron chi connectivity index (χ1n) is 10.6. The van der Waals surface area contributed by atoms with Gasteiger partial charge in [-0.15, -0.1) is 0 Å². The number of sulfonamides is 1. The van der Waals surface area contributed by atoms with Crippen molar-refractivity contribution in [2.24, 2.45) is 5.92 Å². The Morgan fingerprint density at radius 3 is 2.44 bits per heavy atom. The monoisotopic (exact) mass is 457 g/mol. The predicted octanol–water partition coefficient (Wildman–Crippen LogP) is 2.76. The number of aryl methyl sites for hydroxylation is 2. The normalized spacial score (nSPS) is 16.7. The van der Waals surface area contributed by atoms with E-state index in [1.807, 2.05) is 42.0 Å². The Hall–Kier alpha value is -2.98. The highest BCUT2D eigenvalue weighted by Crippen LogP contribution is 2.28. The van der Waals surface area contributed by atoms with Crippen molar-refractivity contribution in [3.63, 3.8) is 0 Å². The molecule has 1 aromatic carbocycles. The largest absolute Gasteiger partial charge is 0.360 e. The summed E-state index contributed by atoms with van der Waals surface area (Å²) in [4.78, 5) is 17.0. The lowest BCUT2D eigenvalue weighted by molar-refractivity contribution is -0.126. The van der Waals surface area contributed by atoms with E-state index >= 15 is 0 Å². The lowest BCUT2D eigenvalue weighted by atomic mass is 9.96. The van der Waals surface area contributed by atoms with Crippen LogP contribution >= 0.6 is 0 Å². The van der Waals surface area contributed by atoms with Gasteiger partial charge in [-0.3, -0.25) is 4.79 Å². The molecule has 1 amide bonds. The van der Waals surface area contributed by atoms with Crippen LogP contribution in [0.5, 0.6) is 0 Å². The minimum atomic E-state index is -3.68. The van der Waals surface area contributed by atoms with E-state index in [0.717, 1.165) is 11.3 Å². The van der Waals surface area contributed by atoms with Gasteiger partial charge in [-0.05, 0) is 51.3 Å². The van der Waals surface area contributed by atoms with Gasteiger partial charge in [-0.2, -0.15) is 4.31 Å². The minimum Gasteiger partial charge on any atom is -0.360 e. The molecule has 1 aliphatic rings. The Balaban J connectivity index is 1.34. The number of imidazole rings is 1. The number of benzene rings is 1. The summed E-state index contributed by atoms with van der Waals surface area (Å²) in [6.45, 7) is 5.74. The van der Waals surface area contributed by atoms with Crippen molar-refractivity contribution in [1.82, 2.24) is 24.3 Å². The van der Waals surface area contributed by atoms with Crippen molar-refractivity contribution in [2.75, 3.05) is 13.1 Å². The van der Waals surface area contributed by atoms with Crippen LogP contribution in [-0.2, 0) is 14.8 Å². The summed E-state index contributed by atoms with van der Waals surface area (Å²) in [6, 6.07) is 7.79. The summed E-state index contributed by atoms with van der Waals surface area (Å²) in [7, 11) is -3.68. The van der Waals surface area contributed by atoms with Crippen LogP contribution in [0.4, 0.5) is 0 Å². The molecule has 3 heterocycles. The van der Waals surface area contributed by atoms with E-state index in [1.54, 1.807) is 26.4 Å². The number of carbonyl (C=O) groups is 1. The maximum Gasteiger partial charge on any atom is 0.248 e. The number of amides is 1. The maximum atomic E-state index is 13.0. The zero-order chi connectivity index (χ0) is 22.9. The number of piperidine rings is 1. The van der Waals surface area contributed by atoms with E-state index in [4.69, 9.17) is 4.52 Å². The summed E-state index contributed by atoms with van der Waals surface area (Å²) < 4.78 is 34.3. The lowest BCUT2D eigenvalue weighted by Crippen LogP contribution is -2.43. The first kappa shape index (κ1) is 22.2. The first-order chi connectivity index (χ1) is 15.3. The van der Waals surface area contributed by atoms with Gasteiger partial charge >= 0.3 is 0 Å². The van der Waals surface area contributed by atoms with Gasteiger partial charge < -0.3 is 14.4 Å². The molecule has 0 saturated carbocycles. The molecule has 1 N–H and O–H groups in total. The van der Waals surface area contributed by atoms with Crippen LogP contribution in [0.1, 0.15) is 42.8 Å². The second kappa shape index (κ2) is 8.87. The fourth-order valence-corrected chi connectivity index (χ4v) is 5.85. The van der Waals surface area contributed by atoms with Crippen LogP contribution in [0.15, 0.2) is 52.4 Å². The molecular formula is C22H27N5O4S. The molecule has 1 fully saturated rings. The Bertz CT molecular complexity index is 1160. The van der Waals surface area contributed by atoms with Crippen molar-refractivity contribution in [2.45, 2.75) is 44.6 Å². The van der Waals surface area contributed by atoms with Crippen molar-refractivity contribution in [3.05, 3.63) is 60.0 Å². The average molecular weight is 458 g/mol. The van der Waals surface area contributed by atoms with E-state index in [1.165, 1.54) is 4.31 Å². The van der Waals surface area contributed by atoms with Gasteiger partial charge in [-0.25, -0.2) is 13.4 Å². The quantitative estimate of drug-likeness (QED) is 0.609. The van der Waals surface area contributed by atoms with E-state index in [9.17, 15) is 13.2 Å². The number of rotatable bonds is 6. The number of nitrogens with zero attached hydrogens (tertiary/aromatic N) is 4. The van der Waals surface area contributed by atoms with Gasteiger partial charge in [-0.1, -0.05) is 17.3 Å². The topological polar surface area (TPSA) is 110 Å². The predicted molar refractivity (Wildman–Crippen MR) is 118 cm³/mol. The molecule has 0 spiro atoms. The van der Waals surface area contributed by atoms with Crippen LogP contribution in [-0.4, -0.2) is 46.4 Å². The van der Waals surface area contributed by atoms with Gasteiger partial charge in [0.2, 0.25) is 15.9 Å². The standard InChI is InChI=1S/C22H27N5O4S/c1-15(18-4-6-20(7-5-18)26-13-10-23-14-26)24-22(28)19-8-11-27(12-9-19)32(29,30)21-16(2)25-31-17(21)3/h4-7,10,13-15,19H,8-9,11-12H2,1-3H3,(H,24,28). The number of hydrogen-bond acceptors (Lipinski definition) is 6. The number of nitrogens with one attached hydrogen (secondary N) is 1. The Morgan fingerprint density at radius 1 is 1.19 bits per heavy atom. The fourth-order valence-electron chi connectivity index (χ4n) is 4.09. The SMILES string of the molecule is Cc1noc(C)c1S(=O)(=O)N1CCC(C(=O)NC(C)c2ccc(-n3ccnc3)cc2)CC1. The highest BCUT2D eigenvalue weighted by atomic mass is 32.2. The van der Waals surface area contributed by atoms with Crippen molar-refractivity contribution < 1.29 is 17.7 Å². The third-order valence-corrected chi connectivity index (χ3v) is 8.09. The van der Waals surface area contributed by atoms with Gasteiger partial charge in [0.15, 0.2) is 5.76 Å². The first-order valence-corrected chi connectivity index (χ1v) is 12.0. The third-order valence-electron chi connectivity index (χ3n) is 5.94. The second-order valence-electron chi connectivity index (χ2n) is 8.12. The van der Waals surface area contributed by atoms with Gasteiger partial charge in [0.25, 0.3) is 0 Å². The van der Waals surface area contributed by atoms with E-state index in [-0.39, 0.29) is 28.5 Å². The molecule has 4 rings (SSSR count). The number of aromatic nitrogens is 3. The van der Waals surface area contributed by atoms with Crippen LogP contribution in [0.2, 0.25) is 0 Å². The molecule has 2 aromatic heterocycles. The number of hydrogen-bond donors (Lipinski definition) is 1. The fraction of sp³-hybridized carbons (Fsp3) is 0.409. The molecule has 0 bridgehead atoms. The maximum absolute atomic E-state index is 13.0. The minimum absolute atomic E-state index is 0.0504. The summed E-state index contributed by atoms with van der Waals surface area (Å²) in [5.41, 5.74) is 2.35. The molecule has 3 aromatic rings. The molecule has 170 valence electrons. The van der Waals surface area contributed by atoms with Crippen molar-refractivity contribution in [1.29, 1.82) is 0 Å². The van der Waals surface area contributed by atoms with E-state index < -0.39 is 10.0 Å². The molecule has 10 heteroatoms. The zero-order valence-electron chi connectivity index (χ0n) is 18.4. The Labute approximate surface area is 187 Å². The third kappa shape index (κ3) is 4.33. The Kier molecular flexibility index (Phi) is 6.16. The number of carbonyl (C=O) groups excluding carboxylic acids is 1. The summed E-state index contributed by atoms with van der Waals surface area (Å²) >= 11 is 0. The van der Waals surface area contributed by atoms with Crippen LogP contribution in [0.25, 0.3) is 5.69 Å². The summed E-state index contributed by atoms with van der Waals surface area (Å²) in [6.07, 6.45) is 6.28. The van der Waals surface area contributed by atoms with Crippen molar-refractivity contribution in [3.8, 4) is 5.69 Å². The molecule has 0 radical (unpaired) electrons. The molecule has 1 saturated heterocycles. The van der Waals surface area contributed by atoms with Gasteiger partial charge in [0.05, 0.1) is 12.4 Å². The van der Waals surface area contributed by atoms with Gasteiger partial charge in [0.1, 0.15) is 10.6 Å². The molecule has 9 nitrogen and oxygen atoms in total. The molecule has 0 aliphatic carbocycles. The van der Waals surface area contributed by atoms with E-state index in [2.05, 4.69) is 15.5 Å². The highest BCUT2D eigenvalue weighted by molar-refractivity contribution is 7.89. The summed E-state index contributed by atoms with van der Waals surface area (Å²) in [5, 5.41) is 6.82. The average Bonchev–Trinajstić information content (AvgIpc) is 3.44.